The van der Waals surface area contributed by atoms with Crippen LogP contribution in [-0.4, -0.2) is 55.4 Å². The molecule has 2 heterocycles. The molecule has 10 nitrogen and oxygen atoms in total. The van der Waals surface area contributed by atoms with Gasteiger partial charge in [0.05, 0.1) is 12.8 Å². The van der Waals surface area contributed by atoms with Gasteiger partial charge in [0.1, 0.15) is 29.0 Å². The maximum Gasteiger partial charge on any atom is 0.407 e. The van der Waals surface area contributed by atoms with E-state index in [-0.39, 0.29) is 6.42 Å². The van der Waals surface area contributed by atoms with Gasteiger partial charge in [0.2, 0.25) is 0 Å². The van der Waals surface area contributed by atoms with Crippen LogP contribution in [0.15, 0.2) is 61.1 Å². The molecule has 4 rings (SSSR count). The first-order valence-corrected chi connectivity index (χ1v) is 13.3. The number of hydrogen-bond acceptors (Lipinski definition) is 7. The number of ether oxygens (including phenoxy) is 2. The molecule has 4 aromatic rings. The molecule has 1 amide bonds. The van der Waals surface area contributed by atoms with Crippen LogP contribution in [0.25, 0.3) is 16.9 Å². The topological polar surface area (TPSA) is 128 Å². The number of alkyl carbamates (subject to hydrolysis) is 1. The second-order valence-corrected chi connectivity index (χ2v) is 10.5. The number of nitrogens with zero attached hydrogens (tertiary/aromatic N) is 4. The average Bonchev–Trinajstić information content (AvgIpc) is 3.33. The highest BCUT2D eigenvalue weighted by Crippen LogP contribution is 2.20. The Kier molecular flexibility index (Phi) is 9.31. The van der Waals surface area contributed by atoms with Gasteiger partial charge in [0.15, 0.2) is 5.65 Å². The number of carboxylic acid groups (broad SMARTS) is 1. The maximum atomic E-state index is 11.8. The predicted octanol–water partition coefficient (Wildman–Crippen LogP) is 5.11. The van der Waals surface area contributed by atoms with Gasteiger partial charge in [-0.05, 0) is 75.4 Å². The first kappa shape index (κ1) is 28.5. The number of rotatable bonds is 12. The van der Waals surface area contributed by atoms with E-state index in [4.69, 9.17) is 19.6 Å². The molecular weight excluding hydrogens is 510 g/mol. The molecule has 0 fully saturated rings. The molecule has 0 spiro atoms. The van der Waals surface area contributed by atoms with Gasteiger partial charge in [-0.25, -0.2) is 19.7 Å². The van der Waals surface area contributed by atoms with Gasteiger partial charge in [-0.1, -0.05) is 24.3 Å². The third-order valence-corrected chi connectivity index (χ3v) is 5.95. The molecule has 0 saturated heterocycles. The average molecular weight is 546 g/mol. The molecule has 0 saturated carbocycles. The number of benzene rings is 2. The maximum absolute atomic E-state index is 11.8. The minimum atomic E-state index is -0.828. The van der Waals surface area contributed by atoms with E-state index in [1.54, 1.807) is 12.5 Å². The summed E-state index contributed by atoms with van der Waals surface area (Å²) in [4.78, 5) is 36.1. The van der Waals surface area contributed by atoms with Crippen molar-refractivity contribution in [3.8, 4) is 11.4 Å². The Morgan fingerprint density at radius 1 is 0.975 bits per heavy atom. The molecular formula is C30H35N5O5. The number of carbonyl (C=O) groups excluding carboxylic acids is 1. The fraction of sp³-hybridized carbons (Fsp3) is 0.367. The summed E-state index contributed by atoms with van der Waals surface area (Å²) in [6.45, 7) is 6.44. The summed E-state index contributed by atoms with van der Waals surface area (Å²) < 4.78 is 12.8. The number of carbonyl (C=O) groups is 2. The lowest BCUT2D eigenvalue weighted by molar-refractivity contribution is -0.137. The molecule has 210 valence electrons. The number of aliphatic carboxylic acids is 1. The Morgan fingerprint density at radius 2 is 1.70 bits per heavy atom. The van der Waals surface area contributed by atoms with Gasteiger partial charge in [0.25, 0.3) is 0 Å². The van der Waals surface area contributed by atoms with Crippen LogP contribution in [0.2, 0.25) is 0 Å². The SMILES string of the molecule is CC(C)(C)OC(=O)NCCCc1ccc(Cc2ncc3ncn(-c4ccc(OCCCC(=O)O)cc4)c3n2)cc1. The third-order valence-electron chi connectivity index (χ3n) is 5.95. The van der Waals surface area contributed by atoms with Crippen molar-refractivity contribution < 1.29 is 24.2 Å². The first-order chi connectivity index (χ1) is 19.2. The lowest BCUT2D eigenvalue weighted by atomic mass is 10.1. The van der Waals surface area contributed by atoms with Crippen LogP contribution < -0.4 is 10.1 Å². The molecule has 0 aliphatic rings. The van der Waals surface area contributed by atoms with Gasteiger partial charge >= 0.3 is 12.1 Å². The van der Waals surface area contributed by atoms with Crippen molar-refractivity contribution in [2.45, 2.75) is 58.5 Å². The molecule has 0 unspecified atom stereocenters. The second kappa shape index (κ2) is 13.1. The highest BCUT2D eigenvalue weighted by molar-refractivity contribution is 5.72. The highest BCUT2D eigenvalue weighted by atomic mass is 16.6. The minimum Gasteiger partial charge on any atom is -0.494 e. The van der Waals surface area contributed by atoms with E-state index in [1.165, 1.54) is 5.56 Å². The summed E-state index contributed by atoms with van der Waals surface area (Å²) in [5.41, 5.74) is 4.10. The third kappa shape index (κ3) is 8.52. The molecule has 0 atom stereocenters. The smallest absolute Gasteiger partial charge is 0.407 e. The second-order valence-electron chi connectivity index (χ2n) is 10.5. The number of aromatic nitrogens is 4. The zero-order valence-corrected chi connectivity index (χ0v) is 23.1. The number of hydrogen-bond donors (Lipinski definition) is 2. The van der Waals surface area contributed by atoms with E-state index in [9.17, 15) is 9.59 Å². The molecule has 2 N–H and O–H groups in total. The zero-order chi connectivity index (χ0) is 28.5. The van der Waals surface area contributed by atoms with Crippen molar-refractivity contribution in [3.05, 3.63) is 78.0 Å². The van der Waals surface area contributed by atoms with Crippen LogP contribution in [0.3, 0.4) is 0 Å². The van der Waals surface area contributed by atoms with Crippen molar-refractivity contribution in [3.63, 3.8) is 0 Å². The molecule has 40 heavy (non-hydrogen) atoms. The normalized spacial score (nSPS) is 11.4. The van der Waals surface area contributed by atoms with E-state index in [0.29, 0.717) is 48.7 Å². The first-order valence-electron chi connectivity index (χ1n) is 13.3. The number of imidazole rings is 1. The number of aryl methyl sites for hydroxylation is 1. The van der Waals surface area contributed by atoms with E-state index in [2.05, 4.69) is 39.6 Å². The van der Waals surface area contributed by atoms with Crippen LogP contribution in [0, 0.1) is 0 Å². The number of nitrogens with one attached hydrogen (secondary N) is 1. The van der Waals surface area contributed by atoms with Gasteiger partial charge in [0, 0.05) is 25.1 Å². The molecule has 2 aromatic heterocycles. The van der Waals surface area contributed by atoms with Gasteiger partial charge in [-0.2, -0.15) is 0 Å². The molecule has 0 radical (unpaired) electrons. The lowest BCUT2D eigenvalue weighted by Gasteiger charge is -2.19. The minimum absolute atomic E-state index is 0.0837. The fourth-order valence-corrected chi connectivity index (χ4v) is 4.04. The van der Waals surface area contributed by atoms with Crippen LogP contribution in [0.5, 0.6) is 5.75 Å². The fourth-order valence-electron chi connectivity index (χ4n) is 4.04. The molecule has 10 heteroatoms. The van der Waals surface area contributed by atoms with Crippen LogP contribution >= 0.6 is 0 Å². The summed E-state index contributed by atoms with van der Waals surface area (Å²) in [5, 5.41) is 11.5. The summed E-state index contributed by atoms with van der Waals surface area (Å²) in [5.74, 6) is 0.546. The van der Waals surface area contributed by atoms with E-state index in [1.807, 2.05) is 49.6 Å². The van der Waals surface area contributed by atoms with E-state index in [0.717, 1.165) is 24.1 Å². The standard InChI is InChI=1S/C30H35N5O5/c1-30(2,3)40-29(38)31-16-4-6-21-8-10-22(11-9-21)18-26-32-19-25-28(34-26)35(20-33-25)23-12-14-24(15-13-23)39-17-5-7-27(36)37/h8-15,19-20H,4-7,16-18H2,1-3H3,(H,31,38)(H,36,37). The number of amides is 1. The van der Waals surface area contributed by atoms with Crippen LogP contribution in [0.4, 0.5) is 4.79 Å². The molecule has 0 aliphatic heterocycles. The predicted molar refractivity (Wildman–Crippen MR) is 151 cm³/mol. The van der Waals surface area contributed by atoms with Gasteiger partial charge < -0.3 is 19.9 Å². The van der Waals surface area contributed by atoms with E-state index >= 15 is 0 Å². The number of carboxylic acids is 1. The van der Waals surface area contributed by atoms with Crippen molar-refractivity contribution >= 4 is 23.2 Å². The Bertz CT molecular complexity index is 1430. The largest absolute Gasteiger partial charge is 0.494 e. The molecule has 0 aliphatic carbocycles. The summed E-state index contributed by atoms with van der Waals surface area (Å²) >= 11 is 0. The Morgan fingerprint density at radius 3 is 2.40 bits per heavy atom. The van der Waals surface area contributed by atoms with Crippen molar-refractivity contribution in [1.29, 1.82) is 0 Å². The number of fused-ring (bicyclic) bond motifs is 1. The van der Waals surface area contributed by atoms with Crippen LogP contribution in [-0.2, 0) is 22.4 Å². The van der Waals surface area contributed by atoms with Crippen molar-refractivity contribution in [2.75, 3.05) is 13.2 Å². The summed E-state index contributed by atoms with van der Waals surface area (Å²) in [6, 6.07) is 15.9. The van der Waals surface area contributed by atoms with Crippen molar-refractivity contribution in [2.24, 2.45) is 0 Å². The molecule has 2 aromatic carbocycles. The van der Waals surface area contributed by atoms with Crippen molar-refractivity contribution in [1.82, 2.24) is 24.8 Å². The van der Waals surface area contributed by atoms with E-state index < -0.39 is 17.7 Å². The Hall–Kier alpha value is -4.47. The zero-order valence-electron chi connectivity index (χ0n) is 23.1. The highest BCUT2D eigenvalue weighted by Gasteiger charge is 2.15. The quantitative estimate of drug-likeness (QED) is 0.235. The summed E-state index contributed by atoms with van der Waals surface area (Å²) in [6.07, 6.45) is 5.87. The Labute approximate surface area is 233 Å². The van der Waals surface area contributed by atoms with Gasteiger partial charge in [-0.3, -0.25) is 9.36 Å². The van der Waals surface area contributed by atoms with Gasteiger partial charge in [-0.15, -0.1) is 0 Å². The van der Waals surface area contributed by atoms with Crippen LogP contribution in [0.1, 0.15) is 57.0 Å². The molecule has 0 bridgehead atoms. The summed E-state index contributed by atoms with van der Waals surface area (Å²) in [7, 11) is 0. The Balaban J connectivity index is 1.32. The lowest BCUT2D eigenvalue weighted by Crippen LogP contribution is -2.33. The monoisotopic (exact) mass is 545 g/mol.